The lowest BCUT2D eigenvalue weighted by Gasteiger charge is -2.30. The third-order valence-corrected chi connectivity index (χ3v) is 9.57. The number of rotatable bonds is 15. The average molecular weight is 643 g/mol. The van der Waals surface area contributed by atoms with Gasteiger partial charge in [-0.1, -0.05) is 55.8 Å². The number of carboxylic acids is 1. The number of fused-ring (bicyclic) bond motifs is 1. The quantitative estimate of drug-likeness (QED) is 0.200. The molecule has 0 saturated carbocycles. The first kappa shape index (κ1) is 34.5. The second-order valence-corrected chi connectivity index (χ2v) is 14.2. The molecule has 2 aliphatic heterocycles. The number of quaternary nitrogens is 1. The normalized spacial score (nSPS) is 19.3. The maximum atomic E-state index is 14.3. The van der Waals surface area contributed by atoms with Gasteiger partial charge in [0.15, 0.2) is 0 Å². The molecule has 5 rings (SSSR count). The van der Waals surface area contributed by atoms with Crippen molar-refractivity contribution in [3.05, 3.63) is 89.0 Å². The van der Waals surface area contributed by atoms with Crippen molar-refractivity contribution >= 4 is 17.6 Å². The number of ether oxygens (including phenoxy) is 2. The molecule has 3 aromatic carbocycles. The van der Waals surface area contributed by atoms with Crippen molar-refractivity contribution in [3.63, 3.8) is 0 Å². The van der Waals surface area contributed by atoms with Crippen LogP contribution in [0, 0.1) is 5.92 Å². The molecule has 1 unspecified atom stereocenters. The molecule has 252 valence electrons. The summed E-state index contributed by atoms with van der Waals surface area (Å²) in [5.41, 5.74) is 5.35. The summed E-state index contributed by atoms with van der Waals surface area (Å²) in [6.45, 7) is 4.98. The third kappa shape index (κ3) is 8.54. The first-order chi connectivity index (χ1) is 22.6. The van der Waals surface area contributed by atoms with Crippen LogP contribution in [0.25, 0.3) is 0 Å². The molecule has 3 atom stereocenters. The van der Waals surface area contributed by atoms with Gasteiger partial charge in [-0.05, 0) is 66.6 Å². The van der Waals surface area contributed by atoms with Gasteiger partial charge >= 0.3 is 5.97 Å². The minimum Gasteiger partial charge on any atom is -0.496 e. The maximum absolute atomic E-state index is 14.3. The first-order valence-electron chi connectivity index (χ1n) is 17.1. The van der Waals surface area contributed by atoms with E-state index in [0.717, 1.165) is 77.0 Å². The molecular formula is C39H52N3O5+. The van der Waals surface area contributed by atoms with Crippen LogP contribution < -0.4 is 14.4 Å². The first-order valence-corrected chi connectivity index (χ1v) is 17.1. The number of likely N-dealkylation sites (tertiary alicyclic amines) is 1. The van der Waals surface area contributed by atoms with Gasteiger partial charge in [0.1, 0.15) is 18.0 Å². The molecule has 0 spiro atoms. The Morgan fingerprint density at radius 1 is 1.04 bits per heavy atom. The van der Waals surface area contributed by atoms with Crippen molar-refractivity contribution in [3.8, 4) is 11.5 Å². The van der Waals surface area contributed by atoms with E-state index in [1.165, 1.54) is 5.56 Å². The number of aliphatic carboxylic acids is 1. The van der Waals surface area contributed by atoms with Crippen molar-refractivity contribution in [2.24, 2.45) is 5.92 Å². The minimum absolute atomic E-state index is 0.0164. The lowest BCUT2D eigenvalue weighted by atomic mass is 9.83. The molecule has 8 heteroatoms. The Labute approximate surface area is 280 Å². The van der Waals surface area contributed by atoms with E-state index in [-0.39, 0.29) is 24.4 Å². The molecule has 8 nitrogen and oxygen atoms in total. The van der Waals surface area contributed by atoms with Gasteiger partial charge in [0.2, 0.25) is 5.91 Å². The van der Waals surface area contributed by atoms with Crippen LogP contribution >= 0.6 is 0 Å². The third-order valence-electron chi connectivity index (χ3n) is 9.57. The number of anilines is 1. The smallest absolute Gasteiger partial charge is 0.308 e. The highest BCUT2D eigenvalue weighted by Gasteiger charge is 2.47. The molecule has 2 aliphatic rings. The fourth-order valence-electron chi connectivity index (χ4n) is 7.38. The molecule has 1 fully saturated rings. The summed E-state index contributed by atoms with van der Waals surface area (Å²) in [6.07, 6.45) is 4.93. The van der Waals surface area contributed by atoms with E-state index in [1.807, 2.05) is 47.4 Å². The zero-order valence-corrected chi connectivity index (χ0v) is 28.8. The molecule has 1 saturated heterocycles. The van der Waals surface area contributed by atoms with Crippen LogP contribution in [0.3, 0.4) is 0 Å². The Morgan fingerprint density at radius 2 is 1.85 bits per heavy atom. The van der Waals surface area contributed by atoms with E-state index in [4.69, 9.17) is 9.47 Å². The molecule has 47 heavy (non-hydrogen) atoms. The Hall–Kier alpha value is -3.88. The summed E-state index contributed by atoms with van der Waals surface area (Å²) in [5.74, 6) is 0.0934. The van der Waals surface area contributed by atoms with Crippen molar-refractivity contribution < 1.29 is 28.7 Å². The van der Waals surface area contributed by atoms with Crippen LogP contribution in [0.5, 0.6) is 11.5 Å². The zero-order valence-electron chi connectivity index (χ0n) is 28.8. The summed E-state index contributed by atoms with van der Waals surface area (Å²) in [4.78, 5) is 31.5. The molecule has 3 aromatic rings. The molecule has 0 aromatic heterocycles. The monoisotopic (exact) mass is 642 g/mol. The van der Waals surface area contributed by atoms with Crippen molar-refractivity contribution in [1.82, 2.24) is 4.90 Å². The predicted octanol–water partition coefficient (Wildman–Crippen LogP) is 6.16. The van der Waals surface area contributed by atoms with Crippen molar-refractivity contribution in [2.45, 2.75) is 64.0 Å². The summed E-state index contributed by atoms with van der Waals surface area (Å²) >= 11 is 0. The van der Waals surface area contributed by atoms with Gasteiger partial charge < -0.3 is 24.0 Å². The Balaban J connectivity index is 1.42. The standard InChI is InChI=1S/C39H51N3O5/c1-6-7-21-41(32-15-10-12-28(23-32)27-42(2,3)4)37(43)26-40-25-33(30-18-19-36-31(24-30)20-22-47-36)38(39(44)45)34(40)16-11-14-29-13-8-9-17-35(29)46-5/h8-10,12-13,15,17-19,23-24,33-34,38H,6-7,11,14,16,20-22,25-27H2,1-5H3/p+1/t33-,34+,38?/m1/s1. The SMILES string of the molecule is CCCCN(C(=O)CN1C[C@H](c2ccc3c(c2)CCO3)C(C(=O)O)[C@@H]1CCCc1ccccc1OC)c1cccc(C[N+](C)(C)C)c1. The molecule has 0 aliphatic carbocycles. The highest BCUT2D eigenvalue weighted by molar-refractivity contribution is 5.95. The predicted molar refractivity (Wildman–Crippen MR) is 186 cm³/mol. The largest absolute Gasteiger partial charge is 0.496 e. The van der Waals surface area contributed by atoms with Gasteiger partial charge in [0.05, 0.1) is 47.3 Å². The summed E-state index contributed by atoms with van der Waals surface area (Å²) in [5, 5.41) is 10.7. The van der Waals surface area contributed by atoms with Gasteiger partial charge in [0, 0.05) is 42.7 Å². The molecule has 1 N–H and O–H groups in total. The molecule has 0 radical (unpaired) electrons. The second kappa shape index (κ2) is 15.3. The summed E-state index contributed by atoms with van der Waals surface area (Å²) in [7, 11) is 8.17. The highest BCUT2D eigenvalue weighted by atomic mass is 16.5. The van der Waals surface area contributed by atoms with Crippen LogP contribution in [0.2, 0.25) is 0 Å². The van der Waals surface area contributed by atoms with Gasteiger partial charge in [-0.25, -0.2) is 0 Å². The van der Waals surface area contributed by atoms with E-state index < -0.39 is 11.9 Å². The van der Waals surface area contributed by atoms with E-state index in [0.29, 0.717) is 26.1 Å². The van der Waals surface area contributed by atoms with E-state index in [9.17, 15) is 14.7 Å². The Kier molecular flexibility index (Phi) is 11.3. The lowest BCUT2D eigenvalue weighted by molar-refractivity contribution is -0.884. The van der Waals surface area contributed by atoms with Crippen molar-refractivity contribution in [1.29, 1.82) is 0 Å². The Bertz CT molecular complexity index is 1530. The lowest BCUT2D eigenvalue weighted by Crippen LogP contribution is -2.44. The molecule has 0 bridgehead atoms. The van der Waals surface area contributed by atoms with E-state index in [2.05, 4.69) is 57.2 Å². The van der Waals surface area contributed by atoms with Crippen molar-refractivity contribution in [2.75, 3.05) is 59.4 Å². The fraction of sp³-hybridized carbons (Fsp3) is 0.487. The highest BCUT2D eigenvalue weighted by Crippen LogP contribution is 2.42. The topological polar surface area (TPSA) is 79.3 Å². The zero-order chi connectivity index (χ0) is 33.6. The fourth-order valence-corrected chi connectivity index (χ4v) is 7.38. The number of carbonyl (C=O) groups excluding carboxylic acids is 1. The van der Waals surface area contributed by atoms with Crippen LogP contribution in [0.15, 0.2) is 66.7 Å². The number of unbranched alkanes of at least 4 members (excludes halogenated alkanes) is 1. The Morgan fingerprint density at radius 3 is 2.60 bits per heavy atom. The number of carbonyl (C=O) groups is 2. The average Bonchev–Trinajstić information content (AvgIpc) is 3.65. The van der Waals surface area contributed by atoms with Gasteiger partial charge in [-0.15, -0.1) is 0 Å². The summed E-state index contributed by atoms with van der Waals surface area (Å²) < 4.78 is 12.1. The van der Waals surface area contributed by atoms with Crippen LogP contribution in [0.1, 0.15) is 60.8 Å². The number of methoxy groups -OCH3 is 1. The maximum Gasteiger partial charge on any atom is 0.308 e. The number of para-hydroxylation sites is 1. The number of benzene rings is 3. The van der Waals surface area contributed by atoms with Crippen LogP contribution in [0.4, 0.5) is 5.69 Å². The number of amides is 1. The number of nitrogens with zero attached hydrogens (tertiary/aromatic N) is 3. The number of carboxylic acid groups (broad SMARTS) is 1. The van der Waals surface area contributed by atoms with Gasteiger partial charge in [-0.3, -0.25) is 14.5 Å². The van der Waals surface area contributed by atoms with Gasteiger partial charge in [-0.2, -0.15) is 0 Å². The van der Waals surface area contributed by atoms with Crippen LogP contribution in [-0.2, 0) is 29.0 Å². The molecule has 1 amide bonds. The second-order valence-electron chi connectivity index (χ2n) is 14.2. The molecule has 2 heterocycles. The summed E-state index contributed by atoms with van der Waals surface area (Å²) in [6, 6.07) is 22.2. The van der Waals surface area contributed by atoms with Crippen LogP contribution in [-0.4, -0.2) is 86.9 Å². The number of hydrogen-bond acceptors (Lipinski definition) is 5. The van der Waals surface area contributed by atoms with E-state index >= 15 is 0 Å². The number of hydrogen-bond donors (Lipinski definition) is 1. The van der Waals surface area contributed by atoms with Gasteiger partial charge in [0.25, 0.3) is 0 Å². The number of aryl methyl sites for hydroxylation is 1. The molecular weight excluding hydrogens is 590 g/mol. The van der Waals surface area contributed by atoms with E-state index in [1.54, 1.807) is 7.11 Å². The minimum atomic E-state index is -0.806.